The zero-order chi connectivity index (χ0) is 13.3. The summed E-state index contributed by atoms with van der Waals surface area (Å²) in [5, 5.41) is 5.69. The summed E-state index contributed by atoms with van der Waals surface area (Å²) >= 11 is 14.0. The maximum Gasteiger partial charge on any atom is 0.0900 e. The van der Waals surface area contributed by atoms with Gasteiger partial charge in [0.15, 0.2) is 0 Å². The molecule has 0 bridgehead atoms. The zero-order valence-electron chi connectivity index (χ0n) is 10.4. The molecule has 1 atom stereocenters. The molecule has 2 nitrogen and oxygen atoms in total. The van der Waals surface area contributed by atoms with Gasteiger partial charge in [-0.1, -0.05) is 29.3 Å². The van der Waals surface area contributed by atoms with Crippen LogP contribution in [0, 0.1) is 13.8 Å². The molecule has 2 rings (SSSR count). The van der Waals surface area contributed by atoms with Crippen molar-refractivity contribution in [3.8, 4) is 0 Å². The summed E-state index contributed by atoms with van der Waals surface area (Å²) in [6, 6.07) is 5.62. The summed E-state index contributed by atoms with van der Waals surface area (Å²) in [6.45, 7) is 6.11. The highest BCUT2D eigenvalue weighted by Crippen LogP contribution is 2.34. The molecule has 0 fully saturated rings. The normalized spacial score (nSPS) is 12.5. The lowest BCUT2D eigenvalue weighted by molar-refractivity contribution is 0.890. The van der Waals surface area contributed by atoms with Gasteiger partial charge in [0.2, 0.25) is 0 Å². The van der Waals surface area contributed by atoms with Crippen LogP contribution in [0.3, 0.4) is 0 Å². The van der Waals surface area contributed by atoms with Crippen LogP contribution >= 0.6 is 34.5 Å². The highest BCUT2D eigenvalue weighted by Gasteiger charge is 2.15. The van der Waals surface area contributed by atoms with E-state index in [4.69, 9.17) is 23.2 Å². The molecule has 0 amide bonds. The summed E-state index contributed by atoms with van der Waals surface area (Å²) in [4.78, 5) is 5.64. The first-order valence-corrected chi connectivity index (χ1v) is 7.20. The quantitative estimate of drug-likeness (QED) is 0.838. The molecule has 1 aromatic carbocycles. The maximum absolute atomic E-state index is 6.15. The fourth-order valence-corrected chi connectivity index (χ4v) is 3.30. The Hall–Kier alpha value is -0.770. The number of thiazole rings is 1. The fraction of sp³-hybridized carbons (Fsp3) is 0.308. The Morgan fingerprint density at radius 3 is 2.33 bits per heavy atom. The van der Waals surface area contributed by atoms with Crippen molar-refractivity contribution in [1.29, 1.82) is 0 Å². The van der Waals surface area contributed by atoms with Crippen molar-refractivity contribution in [2.24, 2.45) is 0 Å². The highest BCUT2D eigenvalue weighted by atomic mass is 35.5. The molecule has 18 heavy (non-hydrogen) atoms. The average molecular weight is 301 g/mol. The monoisotopic (exact) mass is 300 g/mol. The van der Waals surface area contributed by atoms with Gasteiger partial charge in [0.1, 0.15) is 0 Å². The van der Waals surface area contributed by atoms with E-state index in [1.807, 2.05) is 32.0 Å². The Morgan fingerprint density at radius 1 is 1.22 bits per heavy atom. The maximum atomic E-state index is 6.15. The van der Waals surface area contributed by atoms with Crippen LogP contribution in [0.15, 0.2) is 18.2 Å². The van der Waals surface area contributed by atoms with Crippen LogP contribution in [0.1, 0.15) is 28.5 Å². The first-order valence-electron chi connectivity index (χ1n) is 5.63. The largest absolute Gasteiger partial charge is 0.375 e. The number of halogens is 2. The Morgan fingerprint density at radius 2 is 1.83 bits per heavy atom. The van der Waals surface area contributed by atoms with E-state index in [0.717, 1.165) is 16.4 Å². The van der Waals surface area contributed by atoms with E-state index in [9.17, 15) is 0 Å². The van der Waals surface area contributed by atoms with Crippen LogP contribution < -0.4 is 5.32 Å². The van der Waals surface area contributed by atoms with E-state index in [1.165, 1.54) is 4.88 Å². The van der Waals surface area contributed by atoms with E-state index in [0.29, 0.717) is 10.0 Å². The van der Waals surface area contributed by atoms with Crippen molar-refractivity contribution in [3.05, 3.63) is 43.8 Å². The SMILES string of the molecule is Cc1nc(C)c(C(C)Nc2c(Cl)cccc2Cl)s1. The first-order chi connectivity index (χ1) is 8.49. The molecule has 1 aromatic heterocycles. The lowest BCUT2D eigenvalue weighted by atomic mass is 10.2. The molecule has 0 aliphatic carbocycles. The van der Waals surface area contributed by atoms with Crippen molar-refractivity contribution in [2.45, 2.75) is 26.8 Å². The Labute approximate surface area is 121 Å². The third-order valence-electron chi connectivity index (χ3n) is 2.66. The summed E-state index contributed by atoms with van der Waals surface area (Å²) in [6.07, 6.45) is 0. The van der Waals surface area contributed by atoms with Crippen LogP contribution in [0.2, 0.25) is 10.0 Å². The van der Waals surface area contributed by atoms with Crippen molar-refractivity contribution >= 4 is 40.2 Å². The number of rotatable bonds is 3. The minimum Gasteiger partial charge on any atom is -0.375 e. The van der Waals surface area contributed by atoms with Crippen molar-refractivity contribution in [1.82, 2.24) is 4.98 Å². The first kappa shape index (κ1) is 13.7. The molecule has 0 aliphatic rings. The second-order valence-corrected chi connectivity index (χ2v) is 6.19. The predicted octanol–water partition coefficient (Wildman–Crippen LogP) is 5.24. The van der Waals surface area contributed by atoms with E-state index < -0.39 is 0 Å². The predicted molar refractivity (Wildman–Crippen MR) is 80.1 cm³/mol. The molecular weight excluding hydrogens is 287 g/mol. The van der Waals surface area contributed by atoms with Gasteiger partial charge >= 0.3 is 0 Å². The molecule has 0 saturated heterocycles. The van der Waals surface area contributed by atoms with E-state index in [1.54, 1.807) is 11.3 Å². The number of anilines is 1. The van der Waals surface area contributed by atoms with Gasteiger partial charge in [0, 0.05) is 4.88 Å². The summed E-state index contributed by atoms with van der Waals surface area (Å²) in [7, 11) is 0. The van der Waals surface area contributed by atoms with Gasteiger partial charge in [0.25, 0.3) is 0 Å². The molecule has 5 heteroatoms. The molecule has 0 saturated carbocycles. The molecule has 96 valence electrons. The van der Waals surface area contributed by atoms with Gasteiger partial charge in [-0.15, -0.1) is 11.3 Å². The lowest BCUT2D eigenvalue weighted by Gasteiger charge is -2.16. The van der Waals surface area contributed by atoms with E-state index >= 15 is 0 Å². The molecule has 1 N–H and O–H groups in total. The van der Waals surface area contributed by atoms with Gasteiger partial charge in [-0.25, -0.2) is 4.98 Å². The zero-order valence-corrected chi connectivity index (χ0v) is 12.7. The van der Waals surface area contributed by atoms with Gasteiger partial charge < -0.3 is 5.32 Å². The van der Waals surface area contributed by atoms with Gasteiger partial charge in [-0.2, -0.15) is 0 Å². The number of nitrogens with zero attached hydrogens (tertiary/aromatic N) is 1. The number of hydrogen-bond acceptors (Lipinski definition) is 3. The van der Waals surface area contributed by atoms with Crippen LogP contribution in [-0.2, 0) is 0 Å². The number of aryl methyl sites for hydroxylation is 2. The molecule has 1 unspecified atom stereocenters. The van der Waals surface area contributed by atoms with Crippen LogP contribution in [0.5, 0.6) is 0 Å². The number of hydrogen-bond donors (Lipinski definition) is 1. The number of benzene rings is 1. The van der Waals surface area contributed by atoms with Crippen LogP contribution in [-0.4, -0.2) is 4.98 Å². The van der Waals surface area contributed by atoms with Crippen molar-refractivity contribution < 1.29 is 0 Å². The number of aromatic nitrogens is 1. The topological polar surface area (TPSA) is 24.9 Å². The molecule has 2 aromatic rings. The van der Waals surface area contributed by atoms with Gasteiger partial charge in [-0.3, -0.25) is 0 Å². The highest BCUT2D eigenvalue weighted by molar-refractivity contribution is 7.11. The average Bonchev–Trinajstić information content (AvgIpc) is 2.63. The standard InChI is InChI=1S/C13H14Cl2N2S/c1-7-13(18-9(3)16-7)8(2)17-12-10(14)5-4-6-11(12)15/h4-6,8,17H,1-3H3. The molecule has 0 aliphatic heterocycles. The van der Waals surface area contributed by atoms with Gasteiger partial charge in [0.05, 0.1) is 32.5 Å². The van der Waals surface area contributed by atoms with Crippen molar-refractivity contribution in [3.63, 3.8) is 0 Å². The smallest absolute Gasteiger partial charge is 0.0900 e. The minimum absolute atomic E-state index is 0.133. The molecule has 1 heterocycles. The minimum atomic E-state index is 0.133. The van der Waals surface area contributed by atoms with Crippen LogP contribution in [0.4, 0.5) is 5.69 Å². The molecule has 0 spiro atoms. The lowest BCUT2D eigenvalue weighted by Crippen LogP contribution is -2.07. The van der Waals surface area contributed by atoms with E-state index in [2.05, 4.69) is 17.2 Å². The summed E-state index contributed by atoms with van der Waals surface area (Å²) in [5.74, 6) is 0. The molecule has 0 radical (unpaired) electrons. The molecular formula is C13H14Cl2N2S. The van der Waals surface area contributed by atoms with Crippen molar-refractivity contribution in [2.75, 3.05) is 5.32 Å². The fourth-order valence-electron chi connectivity index (χ4n) is 1.87. The van der Waals surface area contributed by atoms with Crippen LogP contribution in [0.25, 0.3) is 0 Å². The second-order valence-electron chi connectivity index (χ2n) is 4.15. The Kier molecular flexibility index (Phi) is 4.15. The number of para-hydroxylation sites is 1. The third kappa shape index (κ3) is 2.79. The van der Waals surface area contributed by atoms with E-state index in [-0.39, 0.29) is 6.04 Å². The second kappa shape index (κ2) is 5.47. The van der Waals surface area contributed by atoms with Gasteiger partial charge in [-0.05, 0) is 32.9 Å². The third-order valence-corrected chi connectivity index (χ3v) is 4.54. The number of nitrogens with one attached hydrogen (secondary N) is 1. The summed E-state index contributed by atoms with van der Waals surface area (Å²) < 4.78 is 0. The Balaban J connectivity index is 2.26. The Bertz CT molecular complexity index is 546. The summed E-state index contributed by atoms with van der Waals surface area (Å²) in [5.41, 5.74) is 1.83.